The van der Waals surface area contributed by atoms with Crippen LogP contribution in [0.3, 0.4) is 0 Å². The van der Waals surface area contributed by atoms with Crippen LogP contribution in [0.15, 0.2) is 54.6 Å². The number of ketones is 1. The van der Waals surface area contributed by atoms with Crippen LogP contribution in [0.5, 0.6) is 0 Å². The first-order chi connectivity index (χ1) is 9.15. The summed E-state index contributed by atoms with van der Waals surface area (Å²) in [4.78, 5) is 12.4. The molecule has 0 heterocycles. The van der Waals surface area contributed by atoms with Gasteiger partial charge in [-0.05, 0) is 24.3 Å². The molecular weight excluding hydrogens is 278 g/mol. The van der Waals surface area contributed by atoms with Crippen LogP contribution in [0.2, 0.25) is 5.02 Å². The van der Waals surface area contributed by atoms with Gasteiger partial charge in [0.05, 0.1) is 11.4 Å². The summed E-state index contributed by atoms with van der Waals surface area (Å²) in [5.41, 5.74) is 1.50. The zero-order chi connectivity index (χ0) is 13.7. The van der Waals surface area contributed by atoms with Crippen LogP contribution in [-0.2, 0) is 0 Å². The molecule has 2 aromatic rings. The Morgan fingerprint density at radius 1 is 1.05 bits per heavy atom. The highest BCUT2D eigenvalue weighted by Crippen LogP contribution is 2.14. The highest BCUT2D eigenvalue weighted by Gasteiger charge is 2.08. The van der Waals surface area contributed by atoms with Gasteiger partial charge in [-0.1, -0.05) is 54.2 Å². The van der Waals surface area contributed by atoms with Crippen molar-refractivity contribution in [1.82, 2.24) is 0 Å². The number of hydrogen-bond acceptors (Lipinski definition) is 2. The molecule has 19 heavy (non-hydrogen) atoms. The van der Waals surface area contributed by atoms with Crippen molar-refractivity contribution in [1.29, 1.82) is 0 Å². The van der Waals surface area contributed by atoms with Crippen LogP contribution in [-0.4, -0.2) is 10.8 Å². The largest absolute Gasteiger partial charge is 0.350 e. The van der Waals surface area contributed by atoms with E-state index in [0.29, 0.717) is 15.6 Å². The van der Waals surface area contributed by atoms with Gasteiger partial charge in [0.25, 0.3) is 0 Å². The number of carbonyl (C=O) groups excluding carboxylic acids is 1. The molecule has 1 N–H and O–H groups in total. The van der Waals surface area contributed by atoms with E-state index in [9.17, 15) is 4.79 Å². The molecule has 2 aromatic carbocycles. The second kappa shape index (κ2) is 6.45. The van der Waals surface area contributed by atoms with Gasteiger partial charge >= 0.3 is 0 Å². The van der Waals surface area contributed by atoms with E-state index in [1.807, 2.05) is 30.3 Å². The lowest BCUT2D eigenvalue weighted by Gasteiger charge is -2.07. The molecule has 0 saturated carbocycles. The fourth-order valence-electron chi connectivity index (χ4n) is 1.61. The number of benzene rings is 2. The molecule has 0 aliphatic heterocycles. The summed E-state index contributed by atoms with van der Waals surface area (Å²) < 4.78 is 0. The summed E-state index contributed by atoms with van der Waals surface area (Å²) in [7, 11) is 0. The number of thiocarbonyl (C=S) groups is 1. The lowest BCUT2D eigenvalue weighted by atomic mass is 10.1. The third-order valence-electron chi connectivity index (χ3n) is 2.54. The Labute approximate surface area is 122 Å². The third-order valence-corrected chi connectivity index (χ3v) is 3.04. The highest BCUT2D eigenvalue weighted by atomic mass is 35.5. The zero-order valence-electron chi connectivity index (χ0n) is 10.1. The van der Waals surface area contributed by atoms with Gasteiger partial charge in [0, 0.05) is 16.3 Å². The molecule has 0 aliphatic rings. The summed E-state index contributed by atoms with van der Waals surface area (Å²) in [5.74, 6) is 0.00654. The van der Waals surface area contributed by atoms with Crippen molar-refractivity contribution in [2.45, 2.75) is 6.42 Å². The summed E-state index contributed by atoms with van der Waals surface area (Å²) in [6.07, 6.45) is 0.196. The van der Waals surface area contributed by atoms with Crippen molar-refractivity contribution >= 4 is 40.3 Å². The molecule has 0 unspecified atom stereocenters. The molecule has 4 heteroatoms. The van der Waals surface area contributed by atoms with Crippen molar-refractivity contribution in [3.05, 3.63) is 65.2 Å². The van der Waals surface area contributed by atoms with Gasteiger partial charge in [0.1, 0.15) is 0 Å². The minimum Gasteiger partial charge on any atom is -0.350 e. The maximum Gasteiger partial charge on any atom is 0.169 e. The highest BCUT2D eigenvalue weighted by molar-refractivity contribution is 7.80. The van der Waals surface area contributed by atoms with Crippen molar-refractivity contribution < 1.29 is 4.79 Å². The smallest absolute Gasteiger partial charge is 0.169 e. The lowest BCUT2D eigenvalue weighted by Crippen LogP contribution is -2.14. The van der Waals surface area contributed by atoms with Crippen molar-refractivity contribution in [3.8, 4) is 0 Å². The summed E-state index contributed by atoms with van der Waals surface area (Å²) in [5, 5.41) is 3.69. The van der Waals surface area contributed by atoms with E-state index in [1.165, 1.54) is 0 Å². The van der Waals surface area contributed by atoms with E-state index in [-0.39, 0.29) is 12.2 Å². The molecule has 0 atom stereocenters. The Morgan fingerprint density at radius 2 is 1.68 bits per heavy atom. The van der Waals surface area contributed by atoms with Gasteiger partial charge in [0.15, 0.2) is 5.78 Å². The molecule has 96 valence electrons. The van der Waals surface area contributed by atoms with Gasteiger partial charge in [-0.15, -0.1) is 0 Å². The first kappa shape index (κ1) is 13.7. The number of halogens is 1. The van der Waals surface area contributed by atoms with Gasteiger partial charge in [-0.25, -0.2) is 0 Å². The van der Waals surface area contributed by atoms with E-state index in [4.69, 9.17) is 23.8 Å². The maximum atomic E-state index is 12.0. The molecule has 0 fully saturated rings. The predicted molar refractivity (Wildman–Crippen MR) is 83.1 cm³/mol. The van der Waals surface area contributed by atoms with Crippen molar-refractivity contribution in [2.24, 2.45) is 0 Å². The van der Waals surface area contributed by atoms with Crippen molar-refractivity contribution in [3.63, 3.8) is 0 Å². The lowest BCUT2D eigenvalue weighted by molar-refractivity contribution is 0.100. The van der Waals surface area contributed by atoms with E-state index >= 15 is 0 Å². The SMILES string of the molecule is O=C(CC(=S)Nc1ccc(Cl)cc1)c1ccccc1. The first-order valence-corrected chi connectivity index (χ1v) is 6.57. The van der Waals surface area contributed by atoms with Gasteiger partial charge in [-0.2, -0.15) is 0 Å². The van der Waals surface area contributed by atoms with Crippen LogP contribution in [0.25, 0.3) is 0 Å². The average Bonchev–Trinajstić information content (AvgIpc) is 2.42. The number of rotatable bonds is 4. The second-order valence-corrected chi connectivity index (χ2v) is 4.95. The zero-order valence-corrected chi connectivity index (χ0v) is 11.7. The maximum absolute atomic E-state index is 12.0. The monoisotopic (exact) mass is 289 g/mol. The summed E-state index contributed by atoms with van der Waals surface area (Å²) in [6, 6.07) is 16.3. The van der Waals surface area contributed by atoms with E-state index in [2.05, 4.69) is 5.32 Å². The van der Waals surface area contributed by atoms with E-state index < -0.39 is 0 Å². The molecule has 2 nitrogen and oxygen atoms in total. The molecule has 0 saturated heterocycles. The number of carbonyl (C=O) groups is 1. The normalized spacial score (nSPS) is 9.95. The molecule has 0 aromatic heterocycles. The standard InChI is InChI=1S/C15H12ClNOS/c16-12-6-8-13(9-7-12)17-15(19)10-14(18)11-4-2-1-3-5-11/h1-9H,10H2,(H,17,19). The minimum absolute atomic E-state index is 0.00654. The average molecular weight is 290 g/mol. The Balaban J connectivity index is 1.95. The van der Waals surface area contributed by atoms with E-state index in [1.54, 1.807) is 24.3 Å². The molecule has 0 spiro atoms. The fourth-order valence-corrected chi connectivity index (χ4v) is 1.99. The molecule has 0 radical (unpaired) electrons. The first-order valence-electron chi connectivity index (χ1n) is 5.79. The molecular formula is C15H12ClNOS. The molecule has 0 amide bonds. The van der Waals surface area contributed by atoms with Crippen LogP contribution in [0.1, 0.15) is 16.8 Å². The Kier molecular flexibility index (Phi) is 4.66. The van der Waals surface area contributed by atoms with Crippen molar-refractivity contribution in [2.75, 3.05) is 5.32 Å². The van der Waals surface area contributed by atoms with Crippen LogP contribution >= 0.6 is 23.8 Å². The van der Waals surface area contributed by atoms with Crippen LogP contribution < -0.4 is 5.32 Å². The van der Waals surface area contributed by atoms with Crippen LogP contribution in [0, 0.1) is 0 Å². The topological polar surface area (TPSA) is 29.1 Å². The third kappa shape index (κ3) is 4.16. The molecule has 0 aliphatic carbocycles. The quantitative estimate of drug-likeness (QED) is 0.670. The number of Topliss-reactive ketones (excluding diaryl/α,β-unsaturated/α-hetero) is 1. The Hall–Kier alpha value is -1.71. The number of anilines is 1. The minimum atomic E-state index is 0.00654. The summed E-state index contributed by atoms with van der Waals surface area (Å²) >= 11 is 11.0. The fraction of sp³-hybridized carbons (Fsp3) is 0.0667. The number of nitrogens with one attached hydrogen (secondary N) is 1. The van der Waals surface area contributed by atoms with Gasteiger partial charge < -0.3 is 5.32 Å². The van der Waals surface area contributed by atoms with E-state index in [0.717, 1.165) is 5.69 Å². The molecule has 0 bridgehead atoms. The summed E-state index contributed by atoms with van der Waals surface area (Å²) in [6.45, 7) is 0. The number of hydrogen-bond donors (Lipinski definition) is 1. The predicted octanol–water partition coefficient (Wildman–Crippen LogP) is 4.35. The molecule has 2 rings (SSSR count). The van der Waals surface area contributed by atoms with Gasteiger partial charge in [0.2, 0.25) is 0 Å². The Morgan fingerprint density at radius 3 is 2.32 bits per heavy atom. The second-order valence-electron chi connectivity index (χ2n) is 4.02. The van der Waals surface area contributed by atoms with Crippen LogP contribution in [0.4, 0.5) is 5.69 Å². The van der Waals surface area contributed by atoms with Gasteiger partial charge in [-0.3, -0.25) is 4.79 Å². The Bertz CT molecular complexity index is 581.